The summed E-state index contributed by atoms with van der Waals surface area (Å²) in [7, 11) is 0. The van der Waals surface area contributed by atoms with Gasteiger partial charge in [0.05, 0.1) is 28.6 Å². The topological polar surface area (TPSA) is 123 Å². The molecule has 1 aromatic carbocycles. The number of aromatic nitrogens is 1. The second kappa shape index (κ2) is 9.46. The molecule has 0 radical (unpaired) electrons. The molecule has 156 valence electrons. The summed E-state index contributed by atoms with van der Waals surface area (Å²) in [5, 5.41) is 18.8. The molecule has 11 heteroatoms. The van der Waals surface area contributed by atoms with Gasteiger partial charge in [0.1, 0.15) is 0 Å². The van der Waals surface area contributed by atoms with E-state index < -0.39 is 10.8 Å². The Morgan fingerprint density at radius 2 is 2.07 bits per heavy atom. The van der Waals surface area contributed by atoms with Crippen LogP contribution >= 0.6 is 22.7 Å². The van der Waals surface area contributed by atoms with Crippen molar-refractivity contribution < 1.29 is 19.2 Å². The molecule has 0 unspecified atom stereocenters. The van der Waals surface area contributed by atoms with Crippen molar-refractivity contribution in [2.24, 2.45) is 0 Å². The Balaban J connectivity index is 1.71. The average molecular weight is 447 g/mol. The number of thiophene rings is 1. The van der Waals surface area contributed by atoms with Gasteiger partial charge < -0.3 is 10.1 Å². The number of hydrogen-bond acceptors (Lipinski definition) is 8. The zero-order chi connectivity index (χ0) is 21.7. The summed E-state index contributed by atoms with van der Waals surface area (Å²) >= 11 is 2.75. The van der Waals surface area contributed by atoms with Gasteiger partial charge in [-0.05, 0) is 31.2 Å². The van der Waals surface area contributed by atoms with Crippen LogP contribution in [0.4, 0.5) is 10.8 Å². The minimum Gasteiger partial charge on any atom is -0.487 e. The van der Waals surface area contributed by atoms with Crippen molar-refractivity contribution >= 4 is 45.3 Å². The highest BCUT2D eigenvalue weighted by Gasteiger charge is 2.19. The Hall–Kier alpha value is -3.31. The molecular weight excluding hydrogens is 428 g/mol. The van der Waals surface area contributed by atoms with Crippen LogP contribution < -0.4 is 15.4 Å². The Labute approximate surface area is 179 Å². The molecule has 0 saturated carbocycles. The van der Waals surface area contributed by atoms with E-state index >= 15 is 0 Å². The third-order valence-electron chi connectivity index (χ3n) is 3.87. The van der Waals surface area contributed by atoms with Gasteiger partial charge in [-0.25, -0.2) is 4.98 Å². The fourth-order valence-electron chi connectivity index (χ4n) is 2.51. The van der Waals surface area contributed by atoms with E-state index in [1.165, 1.54) is 47.8 Å². The van der Waals surface area contributed by atoms with E-state index in [-0.39, 0.29) is 29.5 Å². The van der Waals surface area contributed by atoms with E-state index in [1.807, 2.05) is 17.5 Å². The number of nitrogens with one attached hydrogen (secondary N) is 2. The Kier molecular flexibility index (Phi) is 6.75. The highest BCUT2D eigenvalue weighted by Crippen LogP contribution is 2.32. The quantitative estimate of drug-likeness (QED) is 0.397. The predicted octanol–water partition coefficient (Wildman–Crippen LogP) is 4.07. The zero-order valence-electron chi connectivity index (χ0n) is 16.1. The lowest BCUT2D eigenvalue weighted by Crippen LogP contribution is -2.17. The van der Waals surface area contributed by atoms with Crippen LogP contribution in [-0.4, -0.2) is 28.3 Å². The molecule has 0 bridgehead atoms. The monoisotopic (exact) mass is 446 g/mol. The van der Waals surface area contributed by atoms with Crippen LogP contribution in [0.25, 0.3) is 10.6 Å². The maximum absolute atomic E-state index is 12.5. The maximum Gasteiger partial charge on any atom is 0.311 e. The van der Waals surface area contributed by atoms with E-state index in [4.69, 9.17) is 4.74 Å². The normalized spacial score (nSPS) is 10.5. The summed E-state index contributed by atoms with van der Waals surface area (Å²) in [4.78, 5) is 40.5. The van der Waals surface area contributed by atoms with E-state index in [0.717, 1.165) is 9.75 Å². The van der Waals surface area contributed by atoms with Gasteiger partial charge >= 0.3 is 5.69 Å². The highest BCUT2D eigenvalue weighted by atomic mass is 32.1. The number of thiazole rings is 1. The van der Waals surface area contributed by atoms with Crippen molar-refractivity contribution in [3.05, 3.63) is 56.3 Å². The summed E-state index contributed by atoms with van der Waals surface area (Å²) < 4.78 is 5.23. The maximum atomic E-state index is 12.5. The summed E-state index contributed by atoms with van der Waals surface area (Å²) in [5.41, 5.74) is 0.567. The van der Waals surface area contributed by atoms with Crippen molar-refractivity contribution in [2.45, 2.75) is 20.4 Å². The summed E-state index contributed by atoms with van der Waals surface area (Å²) in [6.45, 7) is 3.91. The largest absolute Gasteiger partial charge is 0.487 e. The number of ether oxygens (including phenoxy) is 1. The number of benzene rings is 1. The molecule has 2 heterocycles. The van der Waals surface area contributed by atoms with Gasteiger partial charge in [0.25, 0.3) is 5.91 Å². The van der Waals surface area contributed by atoms with Crippen molar-refractivity contribution in [1.29, 1.82) is 0 Å². The van der Waals surface area contributed by atoms with Gasteiger partial charge in [-0.15, -0.1) is 22.7 Å². The van der Waals surface area contributed by atoms with Crippen LogP contribution in [0.3, 0.4) is 0 Å². The molecule has 0 aliphatic carbocycles. The number of nitro groups is 1. The Morgan fingerprint density at radius 3 is 2.77 bits per heavy atom. The van der Waals surface area contributed by atoms with Gasteiger partial charge in [-0.2, -0.15) is 0 Å². The lowest BCUT2D eigenvalue weighted by molar-refractivity contribution is -0.385. The first-order chi connectivity index (χ1) is 14.4. The number of carbonyl (C=O) groups excluding carboxylic acids is 2. The van der Waals surface area contributed by atoms with Crippen molar-refractivity contribution in [3.8, 4) is 16.3 Å². The minimum atomic E-state index is -0.585. The van der Waals surface area contributed by atoms with Crippen molar-refractivity contribution in [3.63, 3.8) is 0 Å². The molecule has 30 heavy (non-hydrogen) atoms. The van der Waals surface area contributed by atoms with Crippen LogP contribution in [0.1, 0.15) is 29.1 Å². The van der Waals surface area contributed by atoms with E-state index in [1.54, 1.807) is 6.92 Å². The van der Waals surface area contributed by atoms with Crippen LogP contribution in [0.5, 0.6) is 5.75 Å². The molecule has 3 rings (SSSR count). The minimum absolute atomic E-state index is 0.0990. The number of rotatable bonds is 8. The molecular formula is C19H18N4O5S2. The predicted molar refractivity (Wildman–Crippen MR) is 115 cm³/mol. The molecule has 9 nitrogen and oxygen atoms in total. The lowest BCUT2D eigenvalue weighted by Gasteiger charge is -2.06. The molecule has 2 N–H and O–H groups in total. The number of hydrogen-bond donors (Lipinski definition) is 2. The van der Waals surface area contributed by atoms with E-state index in [2.05, 4.69) is 15.6 Å². The molecule has 0 saturated heterocycles. The molecule has 2 aromatic heterocycles. The molecule has 3 aromatic rings. The number of carbonyl (C=O) groups is 2. The summed E-state index contributed by atoms with van der Waals surface area (Å²) in [6.07, 6.45) is 0. The number of amides is 2. The second-order valence-electron chi connectivity index (χ2n) is 6.04. The van der Waals surface area contributed by atoms with Gasteiger partial charge in [-0.1, -0.05) is 0 Å². The molecule has 0 aliphatic rings. The molecule has 0 fully saturated rings. The number of nitro benzene ring substituents is 1. The van der Waals surface area contributed by atoms with Crippen LogP contribution in [0, 0.1) is 10.1 Å². The van der Waals surface area contributed by atoms with E-state index in [9.17, 15) is 19.7 Å². The van der Waals surface area contributed by atoms with Crippen LogP contribution in [0.15, 0.2) is 35.7 Å². The SMILES string of the molecule is CCOc1ccc(C(=O)Nc2nc(-c3ccc(CNC(C)=O)s3)cs2)cc1[N+](=O)[O-]. The Morgan fingerprint density at radius 1 is 1.27 bits per heavy atom. The average Bonchev–Trinajstić information content (AvgIpc) is 3.36. The zero-order valence-corrected chi connectivity index (χ0v) is 17.8. The Bertz CT molecular complexity index is 1090. The molecule has 2 amide bonds. The fourth-order valence-corrected chi connectivity index (χ4v) is 4.20. The van der Waals surface area contributed by atoms with E-state index in [0.29, 0.717) is 17.4 Å². The summed E-state index contributed by atoms with van der Waals surface area (Å²) in [5.74, 6) is -0.485. The van der Waals surface area contributed by atoms with Crippen LogP contribution in [-0.2, 0) is 11.3 Å². The third-order valence-corrected chi connectivity index (χ3v) is 5.73. The third kappa shape index (κ3) is 5.19. The van der Waals surface area contributed by atoms with Crippen molar-refractivity contribution in [2.75, 3.05) is 11.9 Å². The molecule has 0 atom stereocenters. The first-order valence-electron chi connectivity index (χ1n) is 8.89. The molecule has 0 aliphatic heterocycles. The first-order valence-corrected chi connectivity index (χ1v) is 10.6. The van der Waals surface area contributed by atoms with Gasteiger partial charge in [-0.3, -0.25) is 25.0 Å². The smallest absolute Gasteiger partial charge is 0.311 e. The fraction of sp³-hybridized carbons (Fsp3) is 0.211. The molecule has 0 spiro atoms. The number of anilines is 1. The van der Waals surface area contributed by atoms with Crippen molar-refractivity contribution in [1.82, 2.24) is 10.3 Å². The first kappa shape index (κ1) is 21.4. The highest BCUT2D eigenvalue weighted by molar-refractivity contribution is 7.17. The van der Waals surface area contributed by atoms with Gasteiger partial charge in [0.15, 0.2) is 10.9 Å². The van der Waals surface area contributed by atoms with Crippen LogP contribution in [0.2, 0.25) is 0 Å². The lowest BCUT2D eigenvalue weighted by atomic mass is 10.2. The number of nitrogens with zero attached hydrogens (tertiary/aromatic N) is 2. The summed E-state index contributed by atoms with van der Waals surface area (Å²) in [6, 6.07) is 7.87. The standard InChI is InChI=1S/C19H18N4O5S2/c1-3-28-16-6-4-12(8-15(16)23(26)27)18(25)22-19-21-14(10-29-19)17-7-5-13(30-17)9-20-11(2)24/h4-8,10H,3,9H2,1-2H3,(H,20,24)(H,21,22,25). The van der Waals surface area contributed by atoms with Gasteiger partial charge in [0, 0.05) is 28.8 Å². The second-order valence-corrected chi connectivity index (χ2v) is 8.07. The van der Waals surface area contributed by atoms with Gasteiger partial charge in [0.2, 0.25) is 5.91 Å².